The fraction of sp³-hybridized carbons (Fsp3) is 0.900. The van der Waals surface area contributed by atoms with Crippen LogP contribution in [-0.4, -0.2) is 81.6 Å². The van der Waals surface area contributed by atoms with Gasteiger partial charge in [-0.1, -0.05) is 19.6 Å². The Morgan fingerprint density at radius 1 is 1.14 bits per heavy atom. The molecule has 0 aliphatic carbocycles. The number of ether oxygens (including phenoxy) is 4. The second-order valence-electron chi connectivity index (χ2n) is 9.70. The van der Waals surface area contributed by atoms with Crippen molar-refractivity contribution in [2.24, 2.45) is 11.8 Å². The van der Waals surface area contributed by atoms with Gasteiger partial charge in [-0.05, 0) is 33.7 Å². The molecular weight excluding hydrogens is 394 g/mol. The third-order valence-corrected chi connectivity index (χ3v) is 6.21. The first kappa shape index (κ1) is 25.9. The largest absolute Gasteiger partial charge is 0.466 e. The summed E-state index contributed by atoms with van der Waals surface area (Å²) >= 11 is 0. The number of esters is 1. The van der Waals surface area contributed by atoms with Crippen molar-refractivity contribution >= 4 is 20.1 Å². The molecule has 170 valence electrons. The third kappa shape index (κ3) is 9.93. The van der Waals surface area contributed by atoms with Gasteiger partial charge in [0.2, 0.25) is 0 Å². The van der Waals surface area contributed by atoms with E-state index in [1.54, 1.807) is 27.7 Å². The Hall–Kier alpha value is -1.16. The van der Waals surface area contributed by atoms with Gasteiger partial charge in [-0.3, -0.25) is 4.79 Å². The highest BCUT2D eigenvalue weighted by atomic mass is 28.3. The molecule has 1 aliphatic rings. The number of likely N-dealkylation sites (tertiary alicyclic amines) is 1. The van der Waals surface area contributed by atoms with E-state index in [1.165, 1.54) is 4.90 Å². The highest BCUT2D eigenvalue weighted by Gasteiger charge is 2.43. The highest BCUT2D eigenvalue weighted by molar-refractivity contribution is 6.76. The lowest BCUT2D eigenvalue weighted by molar-refractivity contribution is -0.160. The van der Waals surface area contributed by atoms with Crippen LogP contribution in [0.2, 0.25) is 25.7 Å². The van der Waals surface area contributed by atoms with Crippen LogP contribution < -0.4 is 0 Å². The average molecular weight is 434 g/mol. The SMILES string of the molecule is CCOC(=O)[C@@H]1CN(C(=O)OC(C)(C)C)C[C@H](COCOCC[Si](C)(C)C)[C@@H]1O. The summed E-state index contributed by atoms with van der Waals surface area (Å²) in [5.41, 5.74) is -0.650. The molecule has 0 bridgehead atoms. The Labute approximate surface area is 175 Å². The molecule has 1 N–H and O–H groups in total. The van der Waals surface area contributed by atoms with Crippen LogP contribution in [0.3, 0.4) is 0 Å². The molecule has 1 aliphatic heterocycles. The molecule has 29 heavy (non-hydrogen) atoms. The Morgan fingerprint density at radius 2 is 1.79 bits per heavy atom. The normalized spacial score (nSPS) is 23.0. The van der Waals surface area contributed by atoms with Crippen molar-refractivity contribution in [3.63, 3.8) is 0 Å². The third-order valence-electron chi connectivity index (χ3n) is 4.50. The number of amides is 1. The number of hydrogen-bond acceptors (Lipinski definition) is 7. The van der Waals surface area contributed by atoms with Crippen LogP contribution in [0.25, 0.3) is 0 Å². The van der Waals surface area contributed by atoms with Gasteiger partial charge in [-0.15, -0.1) is 0 Å². The van der Waals surface area contributed by atoms with Gasteiger partial charge in [-0.25, -0.2) is 4.79 Å². The summed E-state index contributed by atoms with van der Waals surface area (Å²) in [7, 11) is -1.16. The monoisotopic (exact) mass is 433 g/mol. The first-order valence-electron chi connectivity index (χ1n) is 10.3. The average Bonchev–Trinajstić information content (AvgIpc) is 2.56. The number of nitrogens with zero attached hydrogens (tertiary/aromatic N) is 1. The molecule has 8 nitrogen and oxygen atoms in total. The van der Waals surface area contributed by atoms with E-state index in [4.69, 9.17) is 18.9 Å². The highest BCUT2D eigenvalue weighted by Crippen LogP contribution is 2.26. The Morgan fingerprint density at radius 3 is 2.34 bits per heavy atom. The molecule has 0 aromatic rings. The first-order chi connectivity index (χ1) is 13.3. The first-order valence-corrected chi connectivity index (χ1v) is 14.0. The number of hydrogen-bond donors (Lipinski definition) is 1. The predicted molar refractivity (Wildman–Crippen MR) is 112 cm³/mol. The zero-order valence-electron chi connectivity index (χ0n) is 19.0. The summed E-state index contributed by atoms with van der Waals surface area (Å²) in [4.78, 5) is 26.2. The van der Waals surface area contributed by atoms with E-state index in [0.29, 0.717) is 6.61 Å². The molecule has 0 saturated carbocycles. The van der Waals surface area contributed by atoms with Gasteiger partial charge in [0, 0.05) is 33.7 Å². The number of aliphatic hydroxyl groups is 1. The van der Waals surface area contributed by atoms with Gasteiger partial charge in [0.05, 0.1) is 19.3 Å². The molecule has 1 heterocycles. The fourth-order valence-corrected chi connectivity index (χ4v) is 3.68. The van der Waals surface area contributed by atoms with E-state index >= 15 is 0 Å². The number of aliphatic hydroxyl groups excluding tert-OH is 1. The smallest absolute Gasteiger partial charge is 0.410 e. The maximum absolute atomic E-state index is 12.5. The number of carbonyl (C=O) groups is 2. The van der Waals surface area contributed by atoms with Crippen LogP contribution in [0.4, 0.5) is 4.79 Å². The lowest BCUT2D eigenvalue weighted by atomic mass is 9.86. The summed E-state index contributed by atoms with van der Waals surface area (Å²) in [5, 5.41) is 10.7. The second kappa shape index (κ2) is 11.3. The molecule has 3 atom stereocenters. The molecule has 0 spiro atoms. The van der Waals surface area contributed by atoms with Crippen LogP contribution >= 0.6 is 0 Å². The quantitative estimate of drug-likeness (QED) is 0.258. The van der Waals surface area contributed by atoms with E-state index in [-0.39, 0.29) is 33.1 Å². The topological polar surface area (TPSA) is 94.5 Å². The fourth-order valence-electron chi connectivity index (χ4n) is 2.93. The molecule has 9 heteroatoms. The molecular formula is C20H39NO7Si. The van der Waals surface area contributed by atoms with Crippen LogP contribution in [0, 0.1) is 11.8 Å². The van der Waals surface area contributed by atoms with Crippen molar-refractivity contribution < 1.29 is 33.6 Å². The predicted octanol–water partition coefficient (Wildman–Crippen LogP) is 2.72. The lowest BCUT2D eigenvalue weighted by Crippen LogP contribution is -2.56. The summed E-state index contributed by atoms with van der Waals surface area (Å²) in [6.07, 6.45) is -1.48. The Kier molecular flexibility index (Phi) is 10.1. The standard InChI is InChI=1S/C20H39NO7Si/c1-8-27-18(23)16-12-21(19(24)28-20(2,3)4)11-15(17(16)22)13-26-14-25-9-10-29(5,6)7/h15-17,22H,8-14H2,1-7H3/t15-,16-,17+/m1/s1. The van der Waals surface area contributed by atoms with Gasteiger partial charge in [0.25, 0.3) is 0 Å². The van der Waals surface area contributed by atoms with Gasteiger partial charge in [-0.2, -0.15) is 0 Å². The molecule has 0 radical (unpaired) electrons. The Bertz CT molecular complexity index is 530. The minimum Gasteiger partial charge on any atom is -0.466 e. The Balaban J connectivity index is 2.67. The van der Waals surface area contributed by atoms with Crippen molar-refractivity contribution in [2.45, 2.75) is 65.1 Å². The molecule has 1 amide bonds. The van der Waals surface area contributed by atoms with Crippen LogP contribution in [0.15, 0.2) is 0 Å². The molecule has 0 unspecified atom stereocenters. The lowest BCUT2D eigenvalue weighted by Gasteiger charge is -2.40. The van der Waals surface area contributed by atoms with E-state index in [9.17, 15) is 14.7 Å². The maximum atomic E-state index is 12.5. The summed E-state index contributed by atoms with van der Waals surface area (Å²) in [6, 6.07) is 1.04. The van der Waals surface area contributed by atoms with E-state index in [1.807, 2.05) is 0 Å². The summed E-state index contributed by atoms with van der Waals surface area (Å²) in [5.74, 6) is -1.80. The van der Waals surface area contributed by atoms with Gasteiger partial charge < -0.3 is 29.0 Å². The van der Waals surface area contributed by atoms with E-state index < -0.39 is 43.7 Å². The molecule has 1 saturated heterocycles. The van der Waals surface area contributed by atoms with Crippen molar-refractivity contribution in [2.75, 3.05) is 39.7 Å². The molecule has 1 fully saturated rings. The zero-order chi connectivity index (χ0) is 22.2. The van der Waals surface area contributed by atoms with Crippen LogP contribution in [0.5, 0.6) is 0 Å². The molecule has 1 rings (SSSR count). The second-order valence-corrected chi connectivity index (χ2v) is 15.3. The summed E-state index contributed by atoms with van der Waals surface area (Å²) in [6.45, 7) is 15.3. The maximum Gasteiger partial charge on any atom is 0.410 e. The van der Waals surface area contributed by atoms with Gasteiger partial charge in [0.15, 0.2) is 0 Å². The van der Waals surface area contributed by atoms with E-state index in [2.05, 4.69) is 19.6 Å². The number of piperidine rings is 1. The van der Waals surface area contributed by atoms with Gasteiger partial charge >= 0.3 is 12.1 Å². The minimum absolute atomic E-state index is 0.0537. The van der Waals surface area contributed by atoms with E-state index in [0.717, 1.165) is 6.04 Å². The van der Waals surface area contributed by atoms with Crippen molar-refractivity contribution in [1.82, 2.24) is 4.90 Å². The van der Waals surface area contributed by atoms with Crippen molar-refractivity contribution in [3.05, 3.63) is 0 Å². The van der Waals surface area contributed by atoms with Gasteiger partial charge in [0.1, 0.15) is 18.3 Å². The van der Waals surface area contributed by atoms with Crippen LogP contribution in [0.1, 0.15) is 27.7 Å². The molecule has 0 aromatic carbocycles. The minimum atomic E-state index is -1.16. The molecule has 0 aromatic heterocycles. The summed E-state index contributed by atoms with van der Waals surface area (Å²) < 4.78 is 21.6. The van der Waals surface area contributed by atoms with Crippen LogP contribution in [-0.2, 0) is 23.7 Å². The van der Waals surface area contributed by atoms with Crippen molar-refractivity contribution in [3.8, 4) is 0 Å². The number of rotatable bonds is 9. The number of carbonyl (C=O) groups excluding carboxylic acids is 2. The zero-order valence-corrected chi connectivity index (χ0v) is 20.0. The van der Waals surface area contributed by atoms with Crippen molar-refractivity contribution in [1.29, 1.82) is 0 Å².